The Balaban J connectivity index is 1.56. The summed E-state index contributed by atoms with van der Waals surface area (Å²) in [5.41, 5.74) is 0.680. The lowest BCUT2D eigenvalue weighted by Gasteiger charge is -2.34. The second-order valence-electron chi connectivity index (χ2n) is 7.53. The zero-order chi connectivity index (χ0) is 24.0. The van der Waals surface area contributed by atoms with Gasteiger partial charge in [0.05, 0.1) is 26.3 Å². The predicted octanol–water partition coefficient (Wildman–Crippen LogP) is 2.65. The minimum atomic E-state index is -0.513. The molecule has 10 nitrogen and oxygen atoms in total. The van der Waals surface area contributed by atoms with Crippen LogP contribution in [-0.4, -0.2) is 80.5 Å². The van der Waals surface area contributed by atoms with E-state index >= 15 is 0 Å². The van der Waals surface area contributed by atoms with Crippen LogP contribution < -0.4 is 14.2 Å². The zero-order valence-electron chi connectivity index (χ0n) is 18.9. The maximum Gasteiger partial charge on any atom is 0.270 e. The van der Waals surface area contributed by atoms with E-state index in [0.29, 0.717) is 61.1 Å². The summed E-state index contributed by atoms with van der Waals surface area (Å²) >= 11 is 0. The summed E-state index contributed by atoms with van der Waals surface area (Å²) < 4.78 is 16.0. The maximum absolute atomic E-state index is 13.0. The number of nitro groups is 1. The minimum absolute atomic E-state index is 0.0974. The van der Waals surface area contributed by atoms with Crippen LogP contribution in [0.15, 0.2) is 36.4 Å². The number of nitro benzene ring substituents is 1. The minimum Gasteiger partial charge on any atom is -0.493 e. The van der Waals surface area contributed by atoms with Gasteiger partial charge in [-0.25, -0.2) is 0 Å². The fraction of sp³-hybridized carbons (Fsp3) is 0.391. The third-order valence-corrected chi connectivity index (χ3v) is 5.61. The molecule has 1 fully saturated rings. The van der Waals surface area contributed by atoms with Gasteiger partial charge in [0.1, 0.15) is 0 Å². The molecule has 1 saturated heterocycles. The summed E-state index contributed by atoms with van der Waals surface area (Å²) in [5, 5.41) is 10.9. The van der Waals surface area contributed by atoms with E-state index < -0.39 is 4.92 Å². The molecule has 1 aliphatic heterocycles. The molecule has 3 rings (SSSR count). The number of rotatable bonds is 9. The Labute approximate surface area is 191 Å². The van der Waals surface area contributed by atoms with Gasteiger partial charge in [0.25, 0.3) is 11.6 Å². The second kappa shape index (κ2) is 10.8. The fourth-order valence-electron chi connectivity index (χ4n) is 3.76. The highest BCUT2D eigenvalue weighted by Gasteiger charge is 2.25. The van der Waals surface area contributed by atoms with Crippen molar-refractivity contribution in [1.82, 2.24) is 9.80 Å². The highest BCUT2D eigenvalue weighted by Crippen LogP contribution is 2.38. The van der Waals surface area contributed by atoms with Crippen LogP contribution in [0.1, 0.15) is 27.1 Å². The van der Waals surface area contributed by atoms with Gasteiger partial charge in [-0.05, 0) is 12.1 Å². The molecular weight excluding hydrogens is 430 g/mol. The average Bonchev–Trinajstić information content (AvgIpc) is 2.86. The van der Waals surface area contributed by atoms with Crippen LogP contribution in [0.4, 0.5) is 5.69 Å². The standard InChI is InChI=1S/C23H27N3O7/c1-31-20-14-17(15-21(32-2)22(20)33-3)23(28)25-11-9-24(10-12-25)8-7-19(27)16-5-4-6-18(13-16)26(29)30/h4-6,13-15H,7-12H2,1-3H3. The number of benzene rings is 2. The normalized spacial score (nSPS) is 14.0. The molecule has 0 saturated carbocycles. The van der Waals surface area contributed by atoms with Crippen LogP contribution in [0, 0.1) is 10.1 Å². The number of Topliss-reactive ketones (excluding diaryl/α,β-unsaturated/α-hetero) is 1. The quantitative estimate of drug-likeness (QED) is 0.321. The third-order valence-electron chi connectivity index (χ3n) is 5.61. The highest BCUT2D eigenvalue weighted by molar-refractivity contribution is 5.97. The number of hydrogen-bond acceptors (Lipinski definition) is 8. The molecule has 0 N–H and O–H groups in total. The largest absolute Gasteiger partial charge is 0.493 e. The number of carbonyl (C=O) groups excluding carboxylic acids is 2. The van der Waals surface area contributed by atoms with E-state index in [1.807, 2.05) is 0 Å². The number of piperazine rings is 1. The molecule has 0 bridgehead atoms. The van der Waals surface area contributed by atoms with Gasteiger partial charge in [0.15, 0.2) is 17.3 Å². The first-order valence-electron chi connectivity index (χ1n) is 10.5. The Bertz CT molecular complexity index is 1010. The lowest BCUT2D eigenvalue weighted by molar-refractivity contribution is -0.384. The van der Waals surface area contributed by atoms with E-state index in [9.17, 15) is 19.7 Å². The highest BCUT2D eigenvalue weighted by atomic mass is 16.6. The molecule has 0 aromatic heterocycles. The van der Waals surface area contributed by atoms with Crippen molar-refractivity contribution >= 4 is 17.4 Å². The predicted molar refractivity (Wildman–Crippen MR) is 120 cm³/mol. The van der Waals surface area contributed by atoms with E-state index in [-0.39, 0.29) is 23.8 Å². The van der Waals surface area contributed by atoms with Crippen molar-refractivity contribution in [2.45, 2.75) is 6.42 Å². The van der Waals surface area contributed by atoms with Gasteiger partial charge in [-0.15, -0.1) is 0 Å². The van der Waals surface area contributed by atoms with Crippen molar-refractivity contribution in [3.8, 4) is 17.2 Å². The molecule has 0 aliphatic carbocycles. The van der Waals surface area contributed by atoms with Crippen molar-refractivity contribution < 1.29 is 28.7 Å². The molecule has 0 radical (unpaired) electrons. The van der Waals surface area contributed by atoms with Crippen LogP contribution >= 0.6 is 0 Å². The average molecular weight is 457 g/mol. The van der Waals surface area contributed by atoms with E-state index in [0.717, 1.165) is 0 Å². The molecule has 0 unspecified atom stereocenters. The van der Waals surface area contributed by atoms with Crippen LogP contribution in [0.5, 0.6) is 17.2 Å². The van der Waals surface area contributed by atoms with Gasteiger partial charge in [-0.1, -0.05) is 12.1 Å². The maximum atomic E-state index is 13.0. The number of nitrogens with zero attached hydrogens (tertiary/aromatic N) is 3. The topological polar surface area (TPSA) is 111 Å². The first kappa shape index (κ1) is 24.0. The molecule has 0 atom stereocenters. The van der Waals surface area contributed by atoms with E-state index in [1.54, 1.807) is 23.1 Å². The number of amides is 1. The van der Waals surface area contributed by atoms with Crippen molar-refractivity contribution in [1.29, 1.82) is 0 Å². The SMILES string of the molecule is COc1cc(C(=O)N2CCN(CCC(=O)c3cccc([N+](=O)[O-])c3)CC2)cc(OC)c1OC. The monoisotopic (exact) mass is 457 g/mol. The zero-order valence-corrected chi connectivity index (χ0v) is 18.9. The lowest BCUT2D eigenvalue weighted by Crippen LogP contribution is -2.49. The molecule has 2 aromatic carbocycles. The second-order valence-corrected chi connectivity index (χ2v) is 7.53. The number of carbonyl (C=O) groups is 2. The Morgan fingerprint density at radius 1 is 0.939 bits per heavy atom. The van der Waals surface area contributed by atoms with Crippen molar-refractivity contribution in [2.75, 3.05) is 54.1 Å². The molecule has 0 spiro atoms. The summed E-state index contributed by atoms with van der Waals surface area (Å²) in [7, 11) is 4.50. The number of methoxy groups -OCH3 is 3. The Kier molecular flexibility index (Phi) is 7.83. The Morgan fingerprint density at radius 3 is 2.12 bits per heavy atom. The van der Waals surface area contributed by atoms with Gasteiger partial charge in [0.2, 0.25) is 5.75 Å². The lowest BCUT2D eigenvalue weighted by atomic mass is 10.1. The van der Waals surface area contributed by atoms with E-state index in [2.05, 4.69) is 4.90 Å². The van der Waals surface area contributed by atoms with Gasteiger partial charge in [0, 0.05) is 62.4 Å². The number of ether oxygens (including phenoxy) is 3. The van der Waals surface area contributed by atoms with Crippen LogP contribution in [0.2, 0.25) is 0 Å². The molecule has 33 heavy (non-hydrogen) atoms. The van der Waals surface area contributed by atoms with E-state index in [4.69, 9.17) is 14.2 Å². The van der Waals surface area contributed by atoms with Crippen LogP contribution in [0.25, 0.3) is 0 Å². The summed E-state index contributed by atoms with van der Waals surface area (Å²) in [6.45, 7) is 2.80. The number of non-ortho nitro benzene ring substituents is 1. The van der Waals surface area contributed by atoms with Crippen LogP contribution in [0.3, 0.4) is 0 Å². The van der Waals surface area contributed by atoms with Gasteiger partial charge < -0.3 is 19.1 Å². The molecule has 1 amide bonds. The van der Waals surface area contributed by atoms with Gasteiger partial charge in [-0.3, -0.25) is 24.6 Å². The molecule has 1 heterocycles. The van der Waals surface area contributed by atoms with Crippen molar-refractivity contribution in [2.24, 2.45) is 0 Å². The molecule has 176 valence electrons. The van der Waals surface area contributed by atoms with Gasteiger partial charge in [-0.2, -0.15) is 0 Å². The van der Waals surface area contributed by atoms with Crippen molar-refractivity contribution in [3.63, 3.8) is 0 Å². The molecule has 2 aromatic rings. The summed E-state index contributed by atoms with van der Waals surface area (Å²) in [4.78, 5) is 39.7. The molecule has 1 aliphatic rings. The van der Waals surface area contributed by atoms with E-state index in [1.165, 1.54) is 39.5 Å². The van der Waals surface area contributed by atoms with Crippen molar-refractivity contribution in [3.05, 3.63) is 57.6 Å². The Morgan fingerprint density at radius 2 is 1.58 bits per heavy atom. The van der Waals surface area contributed by atoms with Crippen LogP contribution in [-0.2, 0) is 0 Å². The smallest absolute Gasteiger partial charge is 0.270 e. The first-order chi connectivity index (χ1) is 15.9. The molecule has 10 heteroatoms. The third kappa shape index (κ3) is 5.58. The number of hydrogen-bond donors (Lipinski definition) is 0. The number of ketones is 1. The summed E-state index contributed by atoms with van der Waals surface area (Å²) in [6.07, 6.45) is 0.252. The first-order valence-corrected chi connectivity index (χ1v) is 10.5. The van der Waals surface area contributed by atoms with Gasteiger partial charge >= 0.3 is 0 Å². The fourth-order valence-corrected chi connectivity index (χ4v) is 3.76. The molecular formula is C23H27N3O7. The Hall–Kier alpha value is -3.66. The summed E-state index contributed by atoms with van der Waals surface area (Å²) in [6, 6.07) is 9.03. The summed E-state index contributed by atoms with van der Waals surface area (Å²) in [5.74, 6) is 0.975.